The zero-order valence-corrected chi connectivity index (χ0v) is 16.4. The standard InChI is InChI=1S/C15H14AsFIN2O4/c17-14-5-9(18)1-2-12(14)16-13-6-19-4-3-11(13)15(23)20-24-8-10(22)7-21/h1-6,10,21-22H,7-8H2,(H,20,23)/t10-/m1/s1. The molecule has 2 rings (SSSR count). The third-order valence-electron chi connectivity index (χ3n) is 2.85. The Kier molecular flexibility index (Phi) is 7.57. The Labute approximate surface area is 158 Å². The van der Waals surface area contributed by atoms with Crippen LogP contribution in [0, 0.1) is 9.39 Å². The number of hydrogen-bond acceptors (Lipinski definition) is 5. The second-order valence-corrected chi connectivity index (χ2v) is 8.42. The van der Waals surface area contributed by atoms with E-state index in [9.17, 15) is 9.18 Å². The van der Waals surface area contributed by atoms with Gasteiger partial charge in [-0.25, -0.2) is 0 Å². The number of aliphatic hydroxyl groups is 2. The van der Waals surface area contributed by atoms with Crippen molar-refractivity contribution in [3.8, 4) is 0 Å². The van der Waals surface area contributed by atoms with Crippen LogP contribution in [0.2, 0.25) is 0 Å². The molecule has 127 valence electrons. The van der Waals surface area contributed by atoms with E-state index < -0.39 is 34.4 Å². The van der Waals surface area contributed by atoms with E-state index in [0.717, 1.165) is 3.57 Å². The summed E-state index contributed by atoms with van der Waals surface area (Å²) in [4.78, 5) is 21.0. The molecule has 0 aliphatic carbocycles. The van der Waals surface area contributed by atoms with Crippen LogP contribution in [0.3, 0.4) is 0 Å². The molecule has 1 amide bonds. The van der Waals surface area contributed by atoms with Crippen LogP contribution in [0.1, 0.15) is 10.4 Å². The number of halogens is 2. The number of aliphatic hydroxyl groups excluding tert-OH is 2. The first-order valence-electron chi connectivity index (χ1n) is 6.83. The van der Waals surface area contributed by atoms with Gasteiger partial charge in [0, 0.05) is 0 Å². The fraction of sp³-hybridized carbons (Fsp3) is 0.200. The molecular formula is C15H14AsFIN2O4. The molecule has 3 N–H and O–H groups in total. The van der Waals surface area contributed by atoms with Gasteiger partial charge in [0.05, 0.1) is 0 Å². The van der Waals surface area contributed by atoms with Crippen molar-refractivity contribution in [1.82, 2.24) is 10.5 Å². The predicted molar refractivity (Wildman–Crippen MR) is 94.9 cm³/mol. The van der Waals surface area contributed by atoms with E-state index >= 15 is 0 Å². The maximum atomic E-state index is 14.0. The van der Waals surface area contributed by atoms with Crippen LogP contribution in [0.25, 0.3) is 0 Å². The molecule has 0 saturated heterocycles. The minimum absolute atomic E-state index is 0.234. The summed E-state index contributed by atoms with van der Waals surface area (Å²) in [7, 11) is 0. The number of pyridine rings is 1. The Hall–Kier alpha value is -1.06. The number of hydroxylamine groups is 1. The van der Waals surface area contributed by atoms with Gasteiger partial charge in [0.25, 0.3) is 0 Å². The molecule has 1 heterocycles. The number of carbonyl (C=O) groups excluding carboxylic acids is 1. The maximum absolute atomic E-state index is 14.0. The Morgan fingerprint density at radius 2 is 2.21 bits per heavy atom. The van der Waals surface area contributed by atoms with Crippen molar-refractivity contribution in [1.29, 1.82) is 0 Å². The van der Waals surface area contributed by atoms with Crippen molar-refractivity contribution in [3.63, 3.8) is 0 Å². The van der Waals surface area contributed by atoms with Gasteiger partial charge in [-0.3, -0.25) is 0 Å². The van der Waals surface area contributed by atoms with Crippen molar-refractivity contribution in [2.24, 2.45) is 0 Å². The molecule has 0 bridgehead atoms. The van der Waals surface area contributed by atoms with Crippen LogP contribution in [-0.4, -0.2) is 56.2 Å². The number of rotatable bonds is 7. The van der Waals surface area contributed by atoms with Crippen molar-refractivity contribution < 1.29 is 24.2 Å². The van der Waals surface area contributed by atoms with E-state index in [2.05, 4.69) is 10.5 Å². The summed E-state index contributed by atoms with van der Waals surface area (Å²) in [5.41, 5.74) is 2.53. The fourth-order valence-corrected chi connectivity index (χ4v) is 4.23. The summed E-state index contributed by atoms with van der Waals surface area (Å²) >= 11 is 1.26. The fourth-order valence-electron chi connectivity index (χ4n) is 1.68. The first kappa shape index (κ1) is 19.3. The SMILES string of the molecule is O=C(NOC[C@H](O)CO)c1ccncc1[As]c1ccc(I)cc1F. The molecule has 1 aromatic carbocycles. The number of aromatic nitrogens is 1. The number of hydrogen-bond donors (Lipinski definition) is 3. The normalized spacial score (nSPS) is 12.5. The monoisotopic (exact) mass is 507 g/mol. The molecule has 0 unspecified atom stereocenters. The molecule has 24 heavy (non-hydrogen) atoms. The van der Waals surface area contributed by atoms with Crippen molar-refractivity contribution in [2.75, 3.05) is 13.2 Å². The molecule has 1 aromatic heterocycles. The van der Waals surface area contributed by atoms with E-state index in [4.69, 9.17) is 15.1 Å². The molecule has 2 aromatic rings. The summed E-state index contributed by atoms with van der Waals surface area (Å²) in [5, 5.41) is 17.9. The molecule has 0 fully saturated rings. The van der Waals surface area contributed by atoms with Gasteiger partial charge in [0.1, 0.15) is 0 Å². The van der Waals surface area contributed by atoms with E-state index in [0.29, 0.717) is 14.3 Å². The first-order valence-corrected chi connectivity index (χ1v) is 9.78. The summed E-state index contributed by atoms with van der Waals surface area (Å²) < 4.78 is 16.0. The molecule has 9 heteroatoms. The number of nitrogens with zero attached hydrogens (tertiary/aromatic N) is 1. The van der Waals surface area contributed by atoms with Crippen LogP contribution in [-0.2, 0) is 4.84 Å². The zero-order chi connectivity index (χ0) is 17.5. The van der Waals surface area contributed by atoms with Crippen molar-refractivity contribution in [2.45, 2.75) is 6.10 Å². The Bertz CT molecular complexity index is 720. The van der Waals surface area contributed by atoms with Crippen LogP contribution >= 0.6 is 22.6 Å². The summed E-state index contributed by atoms with van der Waals surface area (Å²) in [6.45, 7) is -0.699. The molecule has 6 nitrogen and oxygen atoms in total. The van der Waals surface area contributed by atoms with Crippen molar-refractivity contribution in [3.05, 3.63) is 51.6 Å². The van der Waals surface area contributed by atoms with E-state index in [1.54, 1.807) is 6.07 Å². The molecule has 0 spiro atoms. The topological polar surface area (TPSA) is 91.7 Å². The Morgan fingerprint density at radius 1 is 1.42 bits per heavy atom. The molecule has 0 aliphatic heterocycles. The number of amides is 1. The molecule has 0 saturated carbocycles. The van der Waals surface area contributed by atoms with Gasteiger partial charge in [0.2, 0.25) is 0 Å². The van der Waals surface area contributed by atoms with Crippen LogP contribution < -0.4 is 14.2 Å². The minimum atomic E-state index is -1.07. The van der Waals surface area contributed by atoms with Crippen LogP contribution in [0.4, 0.5) is 4.39 Å². The summed E-state index contributed by atoms with van der Waals surface area (Å²) in [5.74, 6) is -0.821. The second kappa shape index (κ2) is 9.43. The zero-order valence-electron chi connectivity index (χ0n) is 12.3. The average molecular weight is 507 g/mol. The quantitative estimate of drug-likeness (QED) is 0.267. The summed E-state index contributed by atoms with van der Waals surface area (Å²) in [6.07, 6.45) is 1.93. The van der Waals surface area contributed by atoms with Gasteiger partial charge < -0.3 is 0 Å². The predicted octanol–water partition coefficient (Wildman–Crippen LogP) is -0.505. The second-order valence-electron chi connectivity index (χ2n) is 4.68. The van der Waals surface area contributed by atoms with Crippen LogP contribution in [0.15, 0.2) is 36.7 Å². The van der Waals surface area contributed by atoms with E-state index in [1.165, 1.54) is 24.5 Å². The van der Waals surface area contributed by atoms with E-state index in [1.807, 2.05) is 28.7 Å². The summed E-state index contributed by atoms with van der Waals surface area (Å²) in [6, 6.07) is 6.49. The van der Waals surface area contributed by atoms with Gasteiger partial charge in [-0.15, -0.1) is 0 Å². The Morgan fingerprint density at radius 3 is 2.92 bits per heavy atom. The first-order chi connectivity index (χ1) is 11.5. The van der Waals surface area contributed by atoms with Gasteiger partial charge in [-0.2, -0.15) is 0 Å². The molecular weight excluding hydrogens is 493 g/mol. The van der Waals surface area contributed by atoms with Gasteiger partial charge in [-0.1, -0.05) is 0 Å². The third kappa shape index (κ3) is 5.49. The number of nitrogens with one attached hydrogen (secondary N) is 1. The molecule has 1 atom stereocenters. The average Bonchev–Trinajstić information content (AvgIpc) is 2.57. The van der Waals surface area contributed by atoms with E-state index in [-0.39, 0.29) is 12.4 Å². The van der Waals surface area contributed by atoms with Gasteiger partial charge in [0.15, 0.2) is 0 Å². The number of carbonyl (C=O) groups is 1. The molecule has 1 radical (unpaired) electrons. The van der Waals surface area contributed by atoms with Crippen molar-refractivity contribution >= 4 is 53.0 Å². The number of benzene rings is 1. The van der Waals surface area contributed by atoms with Gasteiger partial charge in [-0.05, 0) is 0 Å². The van der Waals surface area contributed by atoms with Crippen LogP contribution in [0.5, 0.6) is 0 Å². The Balaban J connectivity index is 2.10. The third-order valence-corrected chi connectivity index (χ3v) is 6.04. The van der Waals surface area contributed by atoms with Gasteiger partial charge >= 0.3 is 159 Å². The molecule has 0 aliphatic rings.